The largest absolute Gasteiger partial charge is 0.409 e. The number of nitrogens with zero attached hydrogens (tertiary/aromatic N) is 2. The number of hydrogen-bond acceptors (Lipinski definition) is 4. The first-order valence-corrected chi connectivity index (χ1v) is 7.06. The van der Waals surface area contributed by atoms with Gasteiger partial charge in [0, 0.05) is 5.56 Å². The van der Waals surface area contributed by atoms with Gasteiger partial charge in [0.1, 0.15) is 0 Å². The Morgan fingerprint density at radius 2 is 1.86 bits per heavy atom. The highest BCUT2D eigenvalue weighted by atomic mass is 32.1. The Balaban J connectivity index is 2.04. The number of hydrogen-bond donors (Lipinski definition) is 1. The first-order valence-electron chi connectivity index (χ1n) is 6.66. The Kier molecular flexibility index (Phi) is 3.43. The normalized spacial score (nSPS) is 10.8. The minimum Gasteiger partial charge on any atom is -0.409 e. The second kappa shape index (κ2) is 5.26. The standard InChI is InChI=1S/C16H15N3OS/c1-9-4-5-12(8-10(9)2)14-7-6-13(11(3)17-14)15-18-19-16(21)20-15/h4-8H,1-3H3,(H,19,21). The Hall–Kier alpha value is -2.27. The van der Waals surface area contributed by atoms with Crippen LogP contribution in [0.2, 0.25) is 0 Å². The SMILES string of the molecule is Cc1ccc(-c2ccc(-c3n[nH]c(=S)o3)c(C)n2)cc1C. The lowest BCUT2D eigenvalue weighted by Gasteiger charge is -2.07. The van der Waals surface area contributed by atoms with Crippen molar-refractivity contribution in [3.05, 3.63) is 52.0 Å². The molecule has 0 unspecified atom stereocenters. The number of nitrogens with one attached hydrogen (secondary N) is 1. The molecule has 4 nitrogen and oxygen atoms in total. The molecule has 0 aliphatic heterocycles. The van der Waals surface area contributed by atoms with Gasteiger partial charge in [0.05, 0.1) is 17.0 Å². The molecule has 0 saturated heterocycles. The van der Waals surface area contributed by atoms with Gasteiger partial charge in [-0.1, -0.05) is 12.1 Å². The molecule has 0 amide bonds. The molecule has 21 heavy (non-hydrogen) atoms. The number of aromatic amines is 1. The average molecular weight is 297 g/mol. The van der Waals surface area contributed by atoms with Crippen LogP contribution >= 0.6 is 12.2 Å². The van der Waals surface area contributed by atoms with Crippen LogP contribution in [0.1, 0.15) is 16.8 Å². The van der Waals surface area contributed by atoms with E-state index in [4.69, 9.17) is 16.6 Å². The molecule has 1 aromatic carbocycles. The van der Waals surface area contributed by atoms with E-state index in [-0.39, 0.29) is 4.84 Å². The molecule has 2 heterocycles. The summed E-state index contributed by atoms with van der Waals surface area (Å²) in [5.41, 5.74) is 6.28. The third kappa shape index (κ3) is 2.64. The number of H-pyrrole nitrogens is 1. The number of aryl methyl sites for hydroxylation is 3. The molecule has 0 atom stereocenters. The van der Waals surface area contributed by atoms with E-state index in [9.17, 15) is 0 Å². The average Bonchev–Trinajstić information content (AvgIpc) is 2.88. The Labute approximate surface area is 127 Å². The summed E-state index contributed by atoms with van der Waals surface area (Å²) in [6, 6.07) is 10.3. The Morgan fingerprint density at radius 1 is 1.05 bits per heavy atom. The van der Waals surface area contributed by atoms with Crippen molar-refractivity contribution in [2.45, 2.75) is 20.8 Å². The number of rotatable bonds is 2. The highest BCUT2D eigenvalue weighted by Gasteiger charge is 2.10. The van der Waals surface area contributed by atoms with Crippen LogP contribution < -0.4 is 0 Å². The molecular weight excluding hydrogens is 282 g/mol. The fourth-order valence-electron chi connectivity index (χ4n) is 2.19. The maximum atomic E-state index is 5.34. The van der Waals surface area contributed by atoms with Crippen LogP contribution in [0.3, 0.4) is 0 Å². The maximum absolute atomic E-state index is 5.34. The monoisotopic (exact) mass is 297 g/mol. The topological polar surface area (TPSA) is 54.7 Å². The lowest BCUT2D eigenvalue weighted by atomic mass is 10.0. The van der Waals surface area contributed by atoms with E-state index in [0.717, 1.165) is 22.5 Å². The van der Waals surface area contributed by atoms with Crippen LogP contribution in [0, 0.1) is 25.6 Å². The fraction of sp³-hybridized carbons (Fsp3) is 0.188. The Morgan fingerprint density at radius 3 is 2.48 bits per heavy atom. The molecule has 3 rings (SSSR count). The molecule has 0 aliphatic carbocycles. The van der Waals surface area contributed by atoms with Crippen molar-refractivity contribution in [2.75, 3.05) is 0 Å². The summed E-state index contributed by atoms with van der Waals surface area (Å²) >= 11 is 4.90. The van der Waals surface area contributed by atoms with Gasteiger partial charge in [-0.25, -0.2) is 5.10 Å². The zero-order valence-electron chi connectivity index (χ0n) is 12.1. The second-order valence-corrected chi connectivity index (χ2v) is 5.42. The summed E-state index contributed by atoms with van der Waals surface area (Å²) in [6.07, 6.45) is 0. The lowest BCUT2D eigenvalue weighted by molar-refractivity contribution is 0.551. The van der Waals surface area contributed by atoms with E-state index in [0.29, 0.717) is 5.89 Å². The van der Waals surface area contributed by atoms with E-state index in [1.54, 1.807) is 0 Å². The number of pyridine rings is 1. The first kappa shape index (κ1) is 13.7. The van der Waals surface area contributed by atoms with Gasteiger partial charge in [-0.3, -0.25) is 4.98 Å². The van der Waals surface area contributed by atoms with Crippen LogP contribution in [-0.2, 0) is 0 Å². The molecule has 2 aromatic heterocycles. The first-order chi connectivity index (χ1) is 10.0. The molecule has 0 radical (unpaired) electrons. The van der Waals surface area contributed by atoms with E-state index >= 15 is 0 Å². The summed E-state index contributed by atoms with van der Waals surface area (Å²) in [6.45, 7) is 6.15. The zero-order valence-corrected chi connectivity index (χ0v) is 12.9. The van der Waals surface area contributed by atoms with Crippen molar-refractivity contribution < 1.29 is 4.42 Å². The van der Waals surface area contributed by atoms with Gasteiger partial charge >= 0.3 is 0 Å². The summed E-state index contributed by atoms with van der Waals surface area (Å²) in [5, 5.41) is 6.66. The van der Waals surface area contributed by atoms with E-state index in [1.807, 2.05) is 19.1 Å². The van der Waals surface area contributed by atoms with Gasteiger partial charge < -0.3 is 4.42 Å². The summed E-state index contributed by atoms with van der Waals surface area (Å²) in [7, 11) is 0. The Bertz CT molecular complexity index is 864. The van der Waals surface area contributed by atoms with E-state index < -0.39 is 0 Å². The molecule has 0 aliphatic rings. The predicted molar refractivity (Wildman–Crippen MR) is 84.6 cm³/mol. The van der Waals surface area contributed by atoms with Crippen LogP contribution in [0.25, 0.3) is 22.7 Å². The van der Waals surface area contributed by atoms with Gasteiger partial charge in [0.2, 0.25) is 5.89 Å². The molecule has 0 fully saturated rings. The van der Waals surface area contributed by atoms with Crippen LogP contribution in [0.4, 0.5) is 0 Å². The highest BCUT2D eigenvalue weighted by molar-refractivity contribution is 7.71. The molecule has 1 N–H and O–H groups in total. The van der Waals surface area contributed by atoms with Gasteiger partial charge in [0.15, 0.2) is 0 Å². The van der Waals surface area contributed by atoms with Crippen molar-refractivity contribution in [1.82, 2.24) is 15.2 Å². The fourth-order valence-corrected chi connectivity index (χ4v) is 2.32. The smallest absolute Gasteiger partial charge is 0.284 e. The summed E-state index contributed by atoms with van der Waals surface area (Å²) < 4.78 is 5.34. The summed E-state index contributed by atoms with van der Waals surface area (Å²) in [5.74, 6) is 0.469. The maximum Gasteiger partial charge on any atom is 0.284 e. The minimum atomic E-state index is 0.266. The van der Waals surface area contributed by atoms with Crippen molar-refractivity contribution in [3.8, 4) is 22.7 Å². The molecule has 0 saturated carbocycles. The van der Waals surface area contributed by atoms with Crippen LogP contribution in [0.5, 0.6) is 0 Å². The molecule has 5 heteroatoms. The number of benzene rings is 1. The van der Waals surface area contributed by atoms with Crippen molar-refractivity contribution in [1.29, 1.82) is 0 Å². The van der Waals surface area contributed by atoms with Crippen molar-refractivity contribution in [2.24, 2.45) is 0 Å². The van der Waals surface area contributed by atoms with Gasteiger partial charge in [0.25, 0.3) is 4.84 Å². The molecule has 3 aromatic rings. The molecule has 0 spiro atoms. The molecular formula is C16H15N3OS. The van der Waals surface area contributed by atoms with E-state index in [1.165, 1.54) is 11.1 Å². The molecule has 106 valence electrons. The minimum absolute atomic E-state index is 0.266. The van der Waals surface area contributed by atoms with Gasteiger partial charge in [-0.05, 0) is 62.3 Å². The highest BCUT2D eigenvalue weighted by Crippen LogP contribution is 2.25. The second-order valence-electron chi connectivity index (χ2n) is 5.05. The van der Waals surface area contributed by atoms with Gasteiger partial charge in [-0.15, -0.1) is 5.10 Å². The van der Waals surface area contributed by atoms with Crippen molar-refractivity contribution in [3.63, 3.8) is 0 Å². The molecule has 0 bridgehead atoms. The van der Waals surface area contributed by atoms with Gasteiger partial charge in [-0.2, -0.15) is 0 Å². The third-order valence-electron chi connectivity index (χ3n) is 3.56. The zero-order chi connectivity index (χ0) is 15.0. The quantitative estimate of drug-likeness (QED) is 0.713. The predicted octanol–water partition coefficient (Wildman–Crippen LogP) is 4.39. The lowest BCUT2D eigenvalue weighted by Crippen LogP contribution is -1.92. The van der Waals surface area contributed by atoms with Crippen LogP contribution in [-0.4, -0.2) is 15.2 Å². The van der Waals surface area contributed by atoms with E-state index in [2.05, 4.69) is 47.2 Å². The number of aromatic nitrogens is 3. The van der Waals surface area contributed by atoms with Crippen molar-refractivity contribution >= 4 is 12.2 Å². The van der Waals surface area contributed by atoms with Crippen LogP contribution in [0.15, 0.2) is 34.7 Å². The third-order valence-corrected chi connectivity index (χ3v) is 3.73. The summed E-state index contributed by atoms with van der Waals surface area (Å²) in [4.78, 5) is 4.92.